The average molecular weight is 284 g/mol. The zero-order chi connectivity index (χ0) is 15.0. The maximum absolute atomic E-state index is 11.9. The summed E-state index contributed by atoms with van der Waals surface area (Å²) < 4.78 is 10.6. The molecule has 0 fully saturated rings. The van der Waals surface area contributed by atoms with Crippen LogP contribution in [-0.4, -0.2) is 37.5 Å². The lowest BCUT2D eigenvalue weighted by molar-refractivity contribution is 0.156. The molecule has 0 bridgehead atoms. The Morgan fingerprint density at radius 2 is 2.20 bits per heavy atom. The minimum Gasteiger partial charge on any atom is -0.464 e. The summed E-state index contributed by atoms with van der Waals surface area (Å²) in [5.74, 6) is 1.46. The van der Waals surface area contributed by atoms with Crippen molar-refractivity contribution < 1.29 is 19.1 Å². The molecule has 2 amide bonds. The van der Waals surface area contributed by atoms with Gasteiger partial charge in [-0.3, -0.25) is 0 Å². The maximum Gasteiger partial charge on any atom is 0.315 e. The Hall–Kier alpha value is -1.53. The third-order valence-electron chi connectivity index (χ3n) is 2.92. The van der Waals surface area contributed by atoms with Crippen molar-refractivity contribution in [2.24, 2.45) is 0 Å². The minimum atomic E-state index is -0.321. The molecule has 0 spiro atoms. The van der Waals surface area contributed by atoms with Crippen LogP contribution in [0.15, 0.2) is 16.5 Å². The number of methoxy groups -OCH3 is 1. The Kier molecular flexibility index (Phi) is 7.11. The number of nitrogens with one attached hydrogen (secondary N) is 2. The molecular weight excluding hydrogens is 260 g/mol. The maximum atomic E-state index is 11.9. The highest BCUT2D eigenvalue weighted by atomic mass is 16.5. The summed E-state index contributed by atoms with van der Waals surface area (Å²) in [6, 6.07) is 3.09. The van der Waals surface area contributed by atoms with Gasteiger partial charge in [0, 0.05) is 19.8 Å². The van der Waals surface area contributed by atoms with Crippen LogP contribution in [-0.2, 0) is 4.74 Å². The lowest BCUT2D eigenvalue weighted by Gasteiger charge is -2.19. The van der Waals surface area contributed by atoms with Crippen molar-refractivity contribution in [3.05, 3.63) is 23.7 Å². The van der Waals surface area contributed by atoms with E-state index in [2.05, 4.69) is 10.6 Å². The Labute approximate surface area is 119 Å². The van der Waals surface area contributed by atoms with Crippen LogP contribution in [0.5, 0.6) is 0 Å². The van der Waals surface area contributed by atoms with E-state index in [9.17, 15) is 4.79 Å². The van der Waals surface area contributed by atoms with Gasteiger partial charge in [-0.1, -0.05) is 0 Å². The number of aliphatic hydroxyl groups excluding tert-OH is 1. The number of furan rings is 1. The first-order chi connectivity index (χ1) is 9.56. The second-order valence-electron chi connectivity index (χ2n) is 4.84. The van der Waals surface area contributed by atoms with Crippen molar-refractivity contribution in [2.75, 3.05) is 20.3 Å². The van der Waals surface area contributed by atoms with E-state index in [0.29, 0.717) is 18.8 Å². The van der Waals surface area contributed by atoms with E-state index >= 15 is 0 Å². The van der Waals surface area contributed by atoms with Crippen LogP contribution in [0, 0.1) is 6.92 Å². The van der Waals surface area contributed by atoms with Gasteiger partial charge in [-0.25, -0.2) is 4.79 Å². The Morgan fingerprint density at radius 1 is 1.45 bits per heavy atom. The summed E-state index contributed by atoms with van der Waals surface area (Å²) in [4.78, 5) is 11.9. The second-order valence-corrected chi connectivity index (χ2v) is 4.84. The number of amides is 2. The molecule has 20 heavy (non-hydrogen) atoms. The molecule has 3 N–H and O–H groups in total. The number of ether oxygens (including phenoxy) is 1. The highest BCUT2D eigenvalue weighted by Gasteiger charge is 2.18. The molecule has 2 unspecified atom stereocenters. The molecule has 1 aromatic heterocycles. The standard InChI is InChI=1S/C14H24N2O4/c1-10(5-4-8-17)15-14(18)16-12(9-19-3)13-7-6-11(2)20-13/h6-7,10,12,17H,4-5,8-9H2,1-3H3,(H2,15,16,18). The number of urea groups is 1. The average Bonchev–Trinajstić information content (AvgIpc) is 2.82. The third-order valence-corrected chi connectivity index (χ3v) is 2.92. The van der Waals surface area contributed by atoms with Gasteiger partial charge in [0.15, 0.2) is 0 Å². The van der Waals surface area contributed by atoms with Crippen LogP contribution in [0.1, 0.15) is 37.3 Å². The number of aliphatic hydroxyl groups is 1. The van der Waals surface area contributed by atoms with Gasteiger partial charge >= 0.3 is 6.03 Å². The summed E-state index contributed by atoms with van der Waals surface area (Å²) in [6.45, 7) is 4.22. The molecule has 0 aliphatic heterocycles. The van der Waals surface area contributed by atoms with Crippen LogP contribution in [0.4, 0.5) is 4.79 Å². The van der Waals surface area contributed by atoms with Crippen LogP contribution in [0.2, 0.25) is 0 Å². The molecular formula is C14H24N2O4. The fourth-order valence-corrected chi connectivity index (χ4v) is 1.90. The summed E-state index contributed by atoms with van der Waals surface area (Å²) in [5, 5.41) is 14.4. The fourth-order valence-electron chi connectivity index (χ4n) is 1.90. The van der Waals surface area contributed by atoms with E-state index in [-0.39, 0.29) is 24.7 Å². The van der Waals surface area contributed by atoms with Gasteiger partial charge in [-0.15, -0.1) is 0 Å². The van der Waals surface area contributed by atoms with Gasteiger partial charge in [-0.05, 0) is 38.8 Å². The quantitative estimate of drug-likeness (QED) is 0.679. The zero-order valence-corrected chi connectivity index (χ0v) is 12.3. The monoisotopic (exact) mass is 284 g/mol. The zero-order valence-electron chi connectivity index (χ0n) is 12.3. The minimum absolute atomic E-state index is 0.00341. The van der Waals surface area contributed by atoms with Crippen LogP contribution in [0.25, 0.3) is 0 Å². The number of rotatable bonds is 8. The largest absolute Gasteiger partial charge is 0.464 e. The SMILES string of the molecule is COCC(NC(=O)NC(C)CCCO)c1ccc(C)o1. The number of carbonyl (C=O) groups is 1. The van der Waals surface area contributed by atoms with Crippen molar-refractivity contribution in [2.45, 2.75) is 38.8 Å². The van der Waals surface area contributed by atoms with Gasteiger partial charge in [0.1, 0.15) is 17.6 Å². The number of carbonyl (C=O) groups excluding carboxylic acids is 1. The molecule has 0 aliphatic carbocycles. The molecule has 1 rings (SSSR count). The van der Waals surface area contributed by atoms with Gasteiger partial charge in [-0.2, -0.15) is 0 Å². The highest BCUT2D eigenvalue weighted by molar-refractivity contribution is 5.74. The second kappa shape index (κ2) is 8.60. The predicted octanol–water partition coefficient (Wildman–Crippen LogP) is 1.74. The van der Waals surface area contributed by atoms with Crippen LogP contribution < -0.4 is 10.6 Å². The molecule has 1 heterocycles. The van der Waals surface area contributed by atoms with Crippen LogP contribution >= 0.6 is 0 Å². The van der Waals surface area contributed by atoms with E-state index in [0.717, 1.165) is 12.2 Å². The fraction of sp³-hybridized carbons (Fsp3) is 0.643. The summed E-state index contributed by atoms with van der Waals surface area (Å²) in [7, 11) is 1.58. The third kappa shape index (κ3) is 5.63. The molecule has 0 aromatic carbocycles. The van der Waals surface area contributed by atoms with Crippen molar-refractivity contribution in [1.82, 2.24) is 10.6 Å². The van der Waals surface area contributed by atoms with E-state index in [1.807, 2.05) is 26.0 Å². The normalized spacial score (nSPS) is 13.8. The molecule has 0 radical (unpaired) electrons. The molecule has 114 valence electrons. The molecule has 6 heteroatoms. The van der Waals surface area contributed by atoms with E-state index in [1.54, 1.807) is 7.11 Å². The summed E-state index contributed by atoms with van der Waals surface area (Å²) in [5.41, 5.74) is 0. The summed E-state index contributed by atoms with van der Waals surface area (Å²) in [6.07, 6.45) is 1.40. The van der Waals surface area contributed by atoms with Crippen LogP contribution in [0.3, 0.4) is 0 Å². The molecule has 0 saturated carbocycles. The van der Waals surface area contributed by atoms with Gasteiger partial charge in [0.25, 0.3) is 0 Å². The van der Waals surface area contributed by atoms with E-state index in [1.165, 1.54) is 0 Å². The van der Waals surface area contributed by atoms with Crippen molar-refractivity contribution in [1.29, 1.82) is 0 Å². The highest BCUT2D eigenvalue weighted by Crippen LogP contribution is 2.16. The van der Waals surface area contributed by atoms with Crippen molar-refractivity contribution in [3.8, 4) is 0 Å². The number of hydrogen-bond acceptors (Lipinski definition) is 4. The first-order valence-electron chi connectivity index (χ1n) is 6.80. The molecule has 2 atom stereocenters. The molecule has 0 saturated heterocycles. The topological polar surface area (TPSA) is 83.7 Å². The predicted molar refractivity (Wildman–Crippen MR) is 75.5 cm³/mol. The lowest BCUT2D eigenvalue weighted by Crippen LogP contribution is -2.43. The Morgan fingerprint density at radius 3 is 2.75 bits per heavy atom. The Bertz CT molecular complexity index is 406. The van der Waals surface area contributed by atoms with Crippen molar-refractivity contribution in [3.63, 3.8) is 0 Å². The number of hydrogen-bond donors (Lipinski definition) is 3. The Balaban J connectivity index is 2.51. The van der Waals surface area contributed by atoms with E-state index in [4.69, 9.17) is 14.3 Å². The lowest BCUT2D eigenvalue weighted by atomic mass is 10.2. The van der Waals surface area contributed by atoms with Gasteiger partial charge in [0.2, 0.25) is 0 Å². The number of aryl methyl sites for hydroxylation is 1. The first-order valence-corrected chi connectivity index (χ1v) is 6.80. The molecule has 0 aliphatic rings. The first kappa shape index (κ1) is 16.5. The molecule has 6 nitrogen and oxygen atoms in total. The van der Waals surface area contributed by atoms with E-state index < -0.39 is 0 Å². The smallest absolute Gasteiger partial charge is 0.315 e. The molecule has 1 aromatic rings. The summed E-state index contributed by atoms with van der Waals surface area (Å²) >= 11 is 0. The van der Waals surface area contributed by atoms with Gasteiger partial charge < -0.3 is 24.9 Å². The van der Waals surface area contributed by atoms with Gasteiger partial charge in [0.05, 0.1) is 6.61 Å². The van der Waals surface area contributed by atoms with Crippen molar-refractivity contribution >= 4 is 6.03 Å².